The first-order valence-electron chi connectivity index (χ1n) is 5.02. The molecule has 92 valence electrons. The molecule has 0 bridgehead atoms. The molecule has 1 aromatic rings. The van der Waals surface area contributed by atoms with Crippen molar-refractivity contribution in [3.63, 3.8) is 0 Å². The molecule has 2 nitrogen and oxygen atoms in total. The van der Waals surface area contributed by atoms with Gasteiger partial charge >= 0.3 is 6.18 Å². The lowest BCUT2D eigenvalue weighted by Gasteiger charge is -2.16. The van der Waals surface area contributed by atoms with Gasteiger partial charge in [-0.2, -0.15) is 13.2 Å². The van der Waals surface area contributed by atoms with E-state index in [-0.39, 0.29) is 23.8 Å². The van der Waals surface area contributed by atoms with Crippen molar-refractivity contribution < 1.29 is 22.8 Å². The molecule has 0 aliphatic rings. The fraction of sp³-hybridized carbons (Fsp3) is 0.333. The molecule has 0 aliphatic carbocycles. The number of Topliss-reactive ketones (excluding diaryl/α,β-unsaturated/α-hetero) is 1. The summed E-state index contributed by atoms with van der Waals surface area (Å²) < 4.78 is 38.6. The average Bonchev–Trinajstić information content (AvgIpc) is 2.25. The molecule has 0 fully saturated rings. The Kier molecular flexibility index (Phi) is 3.70. The Balaban J connectivity index is 3.66. The van der Waals surface area contributed by atoms with E-state index in [4.69, 9.17) is 0 Å². The van der Waals surface area contributed by atoms with Crippen LogP contribution >= 0.6 is 0 Å². The van der Waals surface area contributed by atoms with Crippen LogP contribution in [0.5, 0.6) is 0 Å². The van der Waals surface area contributed by atoms with Gasteiger partial charge in [-0.25, -0.2) is 0 Å². The Hall–Kier alpha value is -1.65. The molecule has 0 atom stereocenters. The Bertz CT molecular complexity index is 462. The molecule has 0 amide bonds. The minimum Gasteiger partial charge on any atom is -0.298 e. The largest absolute Gasteiger partial charge is 0.417 e. The monoisotopic (exact) mass is 244 g/mol. The van der Waals surface area contributed by atoms with Gasteiger partial charge in [0.2, 0.25) is 0 Å². The molecule has 1 aromatic carbocycles. The zero-order valence-corrected chi connectivity index (χ0v) is 9.39. The van der Waals surface area contributed by atoms with Crippen molar-refractivity contribution in [1.82, 2.24) is 0 Å². The van der Waals surface area contributed by atoms with Gasteiger partial charge in [0.25, 0.3) is 0 Å². The van der Waals surface area contributed by atoms with Gasteiger partial charge in [-0.05, 0) is 18.9 Å². The number of hydrogen-bond donors (Lipinski definition) is 0. The summed E-state index contributed by atoms with van der Waals surface area (Å²) >= 11 is 0. The Morgan fingerprint density at radius 3 is 2.29 bits per heavy atom. The molecule has 0 spiro atoms. The van der Waals surface area contributed by atoms with Crippen LogP contribution in [0.15, 0.2) is 12.1 Å². The lowest BCUT2D eigenvalue weighted by molar-refractivity contribution is -0.138. The van der Waals surface area contributed by atoms with Gasteiger partial charge in [0.05, 0.1) is 5.56 Å². The fourth-order valence-corrected chi connectivity index (χ4v) is 1.80. The molecular weight excluding hydrogens is 233 g/mol. The molecule has 0 unspecified atom stereocenters. The van der Waals surface area contributed by atoms with Crippen molar-refractivity contribution in [3.8, 4) is 0 Å². The van der Waals surface area contributed by atoms with Gasteiger partial charge < -0.3 is 0 Å². The van der Waals surface area contributed by atoms with Crippen LogP contribution in [0.3, 0.4) is 0 Å². The highest BCUT2D eigenvalue weighted by Crippen LogP contribution is 2.36. The van der Waals surface area contributed by atoms with E-state index in [0.717, 1.165) is 6.07 Å². The highest BCUT2D eigenvalue weighted by atomic mass is 19.4. The number of halogens is 3. The van der Waals surface area contributed by atoms with Crippen LogP contribution in [-0.2, 0) is 12.6 Å². The molecular formula is C12H11F3O2. The van der Waals surface area contributed by atoms with Crippen LogP contribution in [-0.4, -0.2) is 12.1 Å². The number of rotatable bonds is 3. The molecule has 0 heterocycles. The Labute approximate surface area is 96.4 Å². The van der Waals surface area contributed by atoms with Crippen LogP contribution in [0.1, 0.15) is 45.7 Å². The minimum atomic E-state index is -4.63. The van der Waals surface area contributed by atoms with Gasteiger partial charge in [-0.1, -0.05) is 19.1 Å². The highest BCUT2D eigenvalue weighted by molar-refractivity contribution is 5.97. The summed E-state index contributed by atoms with van der Waals surface area (Å²) in [5.41, 5.74) is -1.53. The summed E-state index contributed by atoms with van der Waals surface area (Å²) in [6.45, 7) is 2.72. The number of benzene rings is 1. The SMILES string of the molecule is CCc1c(C(C)=O)ccc(C=O)c1C(F)(F)F. The van der Waals surface area contributed by atoms with Gasteiger partial charge in [0, 0.05) is 11.1 Å². The third kappa shape index (κ3) is 2.54. The quantitative estimate of drug-likeness (QED) is 0.604. The zero-order chi connectivity index (χ0) is 13.2. The van der Waals surface area contributed by atoms with E-state index in [2.05, 4.69) is 0 Å². The first kappa shape index (κ1) is 13.4. The van der Waals surface area contributed by atoms with Crippen molar-refractivity contribution in [2.24, 2.45) is 0 Å². The van der Waals surface area contributed by atoms with Gasteiger partial charge in [0.15, 0.2) is 12.1 Å². The third-order valence-corrected chi connectivity index (χ3v) is 2.49. The fourth-order valence-electron chi connectivity index (χ4n) is 1.80. The molecule has 17 heavy (non-hydrogen) atoms. The molecule has 0 aliphatic heterocycles. The first-order valence-corrected chi connectivity index (χ1v) is 5.02. The Morgan fingerprint density at radius 1 is 1.35 bits per heavy atom. The summed E-state index contributed by atoms with van der Waals surface area (Å²) in [7, 11) is 0. The average molecular weight is 244 g/mol. The summed E-state index contributed by atoms with van der Waals surface area (Å²) in [5, 5.41) is 0. The highest BCUT2D eigenvalue weighted by Gasteiger charge is 2.37. The van der Waals surface area contributed by atoms with Crippen LogP contribution in [0.25, 0.3) is 0 Å². The number of aldehydes is 1. The van der Waals surface area contributed by atoms with E-state index in [9.17, 15) is 22.8 Å². The topological polar surface area (TPSA) is 34.1 Å². The Morgan fingerprint density at radius 2 is 1.94 bits per heavy atom. The third-order valence-electron chi connectivity index (χ3n) is 2.49. The smallest absolute Gasteiger partial charge is 0.298 e. The van der Waals surface area contributed by atoms with Crippen LogP contribution < -0.4 is 0 Å². The number of alkyl halides is 3. The van der Waals surface area contributed by atoms with Crippen molar-refractivity contribution in [2.75, 3.05) is 0 Å². The maximum Gasteiger partial charge on any atom is 0.417 e. The van der Waals surface area contributed by atoms with Crippen molar-refractivity contribution >= 4 is 12.1 Å². The lowest BCUT2D eigenvalue weighted by atomic mass is 9.92. The molecule has 0 N–H and O–H groups in total. The van der Waals surface area contributed by atoms with E-state index in [1.54, 1.807) is 0 Å². The van der Waals surface area contributed by atoms with Gasteiger partial charge in [-0.3, -0.25) is 9.59 Å². The van der Waals surface area contributed by atoms with E-state index >= 15 is 0 Å². The normalized spacial score (nSPS) is 11.4. The summed E-state index contributed by atoms with van der Waals surface area (Å²) in [6, 6.07) is 2.30. The van der Waals surface area contributed by atoms with E-state index in [1.165, 1.54) is 19.9 Å². The van der Waals surface area contributed by atoms with E-state index in [0.29, 0.717) is 0 Å². The molecule has 0 aromatic heterocycles. The second kappa shape index (κ2) is 4.69. The molecule has 0 radical (unpaired) electrons. The molecule has 1 rings (SSSR count). The second-order valence-electron chi connectivity index (χ2n) is 3.58. The lowest BCUT2D eigenvalue weighted by Crippen LogP contribution is -2.15. The summed E-state index contributed by atoms with van der Waals surface area (Å²) in [6.07, 6.45) is -4.43. The van der Waals surface area contributed by atoms with Crippen LogP contribution in [0, 0.1) is 0 Å². The van der Waals surface area contributed by atoms with Crippen LogP contribution in [0.2, 0.25) is 0 Å². The van der Waals surface area contributed by atoms with Crippen molar-refractivity contribution in [3.05, 3.63) is 34.4 Å². The van der Waals surface area contributed by atoms with E-state index in [1.807, 2.05) is 0 Å². The standard InChI is InChI=1S/C12H11F3O2/c1-3-9-10(7(2)17)5-4-8(6-16)11(9)12(13,14)15/h4-6H,3H2,1-2H3. The summed E-state index contributed by atoms with van der Waals surface area (Å²) in [4.78, 5) is 21.9. The van der Waals surface area contributed by atoms with Crippen LogP contribution in [0.4, 0.5) is 13.2 Å². The number of carbonyl (C=O) groups excluding carboxylic acids is 2. The first-order chi connectivity index (χ1) is 7.82. The minimum absolute atomic E-state index is 0.0189. The van der Waals surface area contributed by atoms with E-state index < -0.39 is 23.1 Å². The number of carbonyl (C=O) groups is 2. The molecule has 5 heteroatoms. The number of hydrogen-bond acceptors (Lipinski definition) is 2. The predicted molar refractivity (Wildman–Crippen MR) is 56.2 cm³/mol. The zero-order valence-electron chi connectivity index (χ0n) is 9.39. The van der Waals surface area contributed by atoms with Gasteiger partial charge in [0.1, 0.15) is 0 Å². The van der Waals surface area contributed by atoms with Crippen molar-refractivity contribution in [1.29, 1.82) is 0 Å². The molecule has 0 saturated carbocycles. The maximum absolute atomic E-state index is 12.9. The van der Waals surface area contributed by atoms with Crippen molar-refractivity contribution in [2.45, 2.75) is 26.4 Å². The number of ketones is 1. The maximum atomic E-state index is 12.9. The second-order valence-corrected chi connectivity index (χ2v) is 3.58. The van der Waals surface area contributed by atoms with Gasteiger partial charge in [-0.15, -0.1) is 0 Å². The predicted octanol–water partition coefficient (Wildman–Crippen LogP) is 3.28. The molecule has 0 saturated heterocycles. The summed E-state index contributed by atoms with van der Waals surface area (Å²) in [5.74, 6) is -0.440.